The Labute approximate surface area is 85.1 Å². The largest absolute Gasteiger partial charge is 0.399 e. The van der Waals surface area contributed by atoms with Crippen LogP contribution in [0.1, 0.15) is 12.0 Å². The average Bonchev–Trinajstić information content (AvgIpc) is 2.07. The maximum Gasteiger partial charge on any atom is 0.0416 e. The first-order chi connectivity index (χ1) is 5.77. The summed E-state index contributed by atoms with van der Waals surface area (Å²) < 4.78 is 0. The van der Waals surface area contributed by atoms with Gasteiger partial charge in [0, 0.05) is 25.0 Å². The van der Waals surface area contributed by atoms with Crippen LogP contribution in [0.4, 0.5) is 11.4 Å². The van der Waals surface area contributed by atoms with Crippen molar-refractivity contribution in [1.29, 1.82) is 0 Å². The lowest BCUT2D eigenvalue weighted by Crippen LogP contribution is -2.24. The summed E-state index contributed by atoms with van der Waals surface area (Å²) in [6.45, 7) is 1.15. The van der Waals surface area contributed by atoms with E-state index in [2.05, 4.69) is 24.1 Å². The predicted molar refractivity (Wildman–Crippen MR) is 59.7 cm³/mol. The second-order valence-corrected chi connectivity index (χ2v) is 3.41. The fourth-order valence-electron chi connectivity index (χ4n) is 1.77. The van der Waals surface area contributed by atoms with Crippen LogP contribution in [0.2, 0.25) is 0 Å². The Bertz CT molecular complexity index is 299. The fraction of sp³-hybridized carbons (Fsp3) is 0.400. The topological polar surface area (TPSA) is 29.3 Å². The first-order valence-electron chi connectivity index (χ1n) is 4.37. The summed E-state index contributed by atoms with van der Waals surface area (Å²) >= 11 is 0. The number of hydrogen-bond acceptors (Lipinski definition) is 2. The van der Waals surface area contributed by atoms with Crippen LogP contribution in [0.25, 0.3) is 0 Å². The smallest absolute Gasteiger partial charge is 0.0416 e. The van der Waals surface area contributed by atoms with Gasteiger partial charge >= 0.3 is 0 Å². The number of nitrogens with zero attached hydrogens (tertiary/aromatic N) is 1. The number of anilines is 2. The van der Waals surface area contributed by atoms with E-state index >= 15 is 0 Å². The van der Waals surface area contributed by atoms with Crippen LogP contribution in [0.5, 0.6) is 0 Å². The predicted octanol–water partition coefficient (Wildman–Crippen LogP) is 2.07. The van der Waals surface area contributed by atoms with Gasteiger partial charge in [-0.3, -0.25) is 0 Å². The van der Waals surface area contributed by atoms with E-state index in [4.69, 9.17) is 5.73 Å². The quantitative estimate of drug-likeness (QED) is 0.647. The third-order valence-electron chi connectivity index (χ3n) is 2.46. The number of rotatable bonds is 0. The Kier molecular flexibility index (Phi) is 3.04. The van der Waals surface area contributed by atoms with E-state index in [1.165, 1.54) is 24.1 Å². The van der Waals surface area contributed by atoms with Crippen molar-refractivity contribution in [3.05, 3.63) is 23.8 Å². The van der Waals surface area contributed by atoms with Crippen molar-refractivity contribution < 1.29 is 0 Å². The molecular formula is C10H15ClN2. The van der Waals surface area contributed by atoms with Gasteiger partial charge in [-0.2, -0.15) is 0 Å². The van der Waals surface area contributed by atoms with Crippen molar-refractivity contribution in [3.63, 3.8) is 0 Å². The molecule has 1 aromatic carbocycles. The highest BCUT2D eigenvalue weighted by molar-refractivity contribution is 5.85. The Hall–Kier alpha value is -0.890. The summed E-state index contributed by atoms with van der Waals surface area (Å²) in [5.41, 5.74) is 9.32. The molecule has 2 N–H and O–H groups in total. The zero-order valence-corrected chi connectivity index (χ0v) is 8.60. The number of benzene rings is 1. The molecule has 0 fully saturated rings. The highest BCUT2D eigenvalue weighted by Gasteiger charge is 2.12. The monoisotopic (exact) mass is 198 g/mol. The summed E-state index contributed by atoms with van der Waals surface area (Å²) in [5.74, 6) is 0. The van der Waals surface area contributed by atoms with Crippen LogP contribution in [0, 0.1) is 0 Å². The van der Waals surface area contributed by atoms with Gasteiger partial charge in [0.1, 0.15) is 0 Å². The highest BCUT2D eigenvalue weighted by atomic mass is 35.5. The minimum atomic E-state index is 0. The minimum Gasteiger partial charge on any atom is -0.399 e. The van der Waals surface area contributed by atoms with E-state index in [0.29, 0.717) is 0 Å². The molecule has 0 amide bonds. The molecule has 0 bridgehead atoms. The molecule has 0 unspecified atom stereocenters. The molecule has 0 aliphatic carbocycles. The van der Waals surface area contributed by atoms with Gasteiger partial charge in [0.2, 0.25) is 0 Å². The molecule has 0 saturated carbocycles. The minimum absolute atomic E-state index is 0. The van der Waals surface area contributed by atoms with Crippen molar-refractivity contribution in [2.45, 2.75) is 12.8 Å². The molecule has 1 aliphatic rings. The number of nitrogen functional groups attached to an aromatic ring is 1. The molecule has 3 heteroatoms. The van der Waals surface area contributed by atoms with E-state index in [9.17, 15) is 0 Å². The fourth-order valence-corrected chi connectivity index (χ4v) is 1.77. The maximum atomic E-state index is 5.72. The lowest BCUT2D eigenvalue weighted by Gasteiger charge is -2.27. The first kappa shape index (κ1) is 10.2. The summed E-state index contributed by atoms with van der Waals surface area (Å²) in [7, 11) is 2.12. The van der Waals surface area contributed by atoms with Crippen LogP contribution in [0.3, 0.4) is 0 Å². The molecule has 13 heavy (non-hydrogen) atoms. The molecule has 1 aromatic rings. The number of aryl methyl sites for hydroxylation is 1. The molecule has 1 heterocycles. The van der Waals surface area contributed by atoms with E-state index in [1.54, 1.807) is 0 Å². The third kappa shape index (κ3) is 1.89. The standard InChI is InChI=1S/C10H14N2.ClH/c1-12-6-2-3-8-4-5-9(11)7-10(8)12;/h4-5,7H,2-3,6,11H2,1H3;1H. The lowest BCUT2D eigenvalue weighted by atomic mass is 10.0. The number of halogens is 1. The van der Waals surface area contributed by atoms with Crippen molar-refractivity contribution in [1.82, 2.24) is 0 Å². The van der Waals surface area contributed by atoms with Gasteiger partial charge in [-0.1, -0.05) is 6.07 Å². The molecule has 0 aromatic heterocycles. The zero-order chi connectivity index (χ0) is 8.55. The van der Waals surface area contributed by atoms with Crippen LogP contribution in [-0.4, -0.2) is 13.6 Å². The van der Waals surface area contributed by atoms with E-state index in [-0.39, 0.29) is 12.4 Å². The zero-order valence-electron chi connectivity index (χ0n) is 7.79. The van der Waals surface area contributed by atoms with Crippen LogP contribution in [0.15, 0.2) is 18.2 Å². The van der Waals surface area contributed by atoms with Gasteiger partial charge in [-0.05, 0) is 30.5 Å². The van der Waals surface area contributed by atoms with Crippen molar-refractivity contribution in [2.75, 3.05) is 24.2 Å². The Morgan fingerprint density at radius 1 is 1.38 bits per heavy atom. The van der Waals surface area contributed by atoms with Gasteiger partial charge in [-0.25, -0.2) is 0 Å². The highest BCUT2D eigenvalue weighted by Crippen LogP contribution is 2.27. The second-order valence-electron chi connectivity index (χ2n) is 3.41. The average molecular weight is 199 g/mol. The summed E-state index contributed by atoms with van der Waals surface area (Å²) in [6, 6.07) is 6.19. The van der Waals surface area contributed by atoms with Gasteiger partial charge in [0.15, 0.2) is 0 Å². The van der Waals surface area contributed by atoms with Crippen molar-refractivity contribution >= 4 is 23.8 Å². The first-order valence-corrected chi connectivity index (χ1v) is 4.37. The molecule has 0 spiro atoms. The second kappa shape index (κ2) is 3.88. The van der Waals surface area contributed by atoms with Crippen LogP contribution < -0.4 is 10.6 Å². The lowest BCUT2D eigenvalue weighted by molar-refractivity contribution is 0.745. The van der Waals surface area contributed by atoms with Gasteiger partial charge in [0.25, 0.3) is 0 Å². The summed E-state index contributed by atoms with van der Waals surface area (Å²) in [5, 5.41) is 0. The van der Waals surface area contributed by atoms with Crippen LogP contribution >= 0.6 is 12.4 Å². The van der Waals surface area contributed by atoms with E-state index in [1.807, 2.05) is 6.07 Å². The number of nitrogens with two attached hydrogens (primary N) is 1. The molecule has 72 valence electrons. The molecule has 2 nitrogen and oxygen atoms in total. The SMILES string of the molecule is CN1CCCc2ccc(N)cc21.Cl. The van der Waals surface area contributed by atoms with E-state index < -0.39 is 0 Å². The van der Waals surface area contributed by atoms with Gasteiger partial charge < -0.3 is 10.6 Å². The third-order valence-corrected chi connectivity index (χ3v) is 2.46. The number of fused-ring (bicyclic) bond motifs is 1. The molecule has 1 aliphatic heterocycles. The van der Waals surface area contributed by atoms with E-state index in [0.717, 1.165) is 12.2 Å². The Morgan fingerprint density at radius 3 is 2.92 bits per heavy atom. The Balaban J connectivity index is 0.000000845. The molecule has 0 saturated heterocycles. The maximum absolute atomic E-state index is 5.72. The summed E-state index contributed by atoms with van der Waals surface area (Å²) in [6.07, 6.45) is 2.45. The van der Waals surface area contributed by atoms with Crippen LogP contribution in [-0.2, 0) is 6.42 Å². The number of hydrogen-bond donors (Lipinski definition) is 1. The Morgan fingerprint density at radius 2 is 2.15 bits per heavy atom. The summed E-state index contributed by atoms with van der Waals surface area (Å²) in [4.78, 5) is 2.27. The van der Waals surface area contributed by atoms with Crippen molar-refractivity contribution in [3.8, 4) is 0 Å². The molecule has 2 rings (SSSR count). The molecule has 0 radical (unpaired) electrons. The van der Waals surface area contributed by atoms with Gasteiger partial charge in [-0.15, -0.1) is 12.4 Å². The van der Waals surface area contributed by atoms with Gasteiger partial charge in [0.05, 0.1) is 0 Å². The molecular weight excluding hydrogens is 184 g/mol. The molecule has 0 atom stereocenters. The van der Waals surface area contributed by atoms with Crippen molar-refractivity contribution in [2.24, 2.45) is 0 Å². The normalized spacial score (nSPS) is 14.7.